The van der Waals surface area contributed by atoms with E-state index in [-0.39, 0.29) is 25.3 Å². The van der Waals surface area contributed by atoms with Crippen LogP contribution in [0.4, 0.5) is 4.79 Å². The van der Waals surface area contributed by atoms with Gasteiger partial charge in [0.15, 0.2) is 0 Å². The van der Waals surface area contributed by atoms with Crippen molar-refractivity contribution in [3.8, 4) is 5.88 Å². The quantitative estimate of drug-likeness (QED) is 0.368. The number of amides is 4. The zero-order valence-corrected chi connectivity index (χ0v) is 31.7. The number of hydrogen-bond acceptors (Lipinski definition) is 10. The first-order valence-corrected chi connectivity index (χ1v) is 20.3. The topological polar surface area (TPSA) is 186 Å². The summed E-state index contributed by atoms with van der Waals surface area (Å²) >= 11 is 0. The number of aryl methyl sites for hydroxylation is 1. The van der Waals surface area contributed by atoms with E-state index in [9.17, 15) is 27.6 Å². The van der Waals surface area contributed by atoms with Gasteiger partial charge < -0.3 is 25.0 Å². The van der Waals surface area contributed by atoms with Crippen molar-refractivity contribution in [2.45, 2.75) is 126 Å². The minimum absolute atomic E-state index is 0.0197. The summed E-state index contributed by atoms with van der Waals surface area (Å²) in [4.78, 5) is 67.0. The van der Waals surface area contributed by atoms with Crippen molar-refractivity contribution in [1.82, 2.24) is 30.2 Å². The zero-order chi connectivity index (χ0) is 37.9. The van der Waals surface area contributed by atoms with Crippen molar-refractivity contribution in [3.05, 3.63) is 42.6 Å². The van der Waals surface area contributed by atoms with Gasteiger partial charge in [-0.15, -0.1) is 6.58 Å². The summed E-state index contributed by atoms with van der Waals surface area (Å²) in [5, 5.41) is 5.00. The first-order chi connectivity index (χ1) is 25.0. The molecule has 0 radical (unpaired) electrons. The van der Waals surface area contributed by atoms with Gasteiger partial charge in [-0.3, -0.25) is 19.1 Å². The van der Waals surface area contributed by atoms with Crippen LogP contribution in [0, 0.1) is 17.3 Å². The summed E-state index contributed by atoms with van der Waals surface area (Å²) in [6.45, 7) is 11.1. The number of hydrogen-bond donors (Lipinski definition) is 3. The molecule has 3 N–H and O–H groups in total. The van der Waals surface area contributed by atoms with E-state index >= 15 is 0 Å². The van der Waals surface area contributed by atoms with Crippen molar-refractivity contribution in [2.24, 2.45) is 17.3 Å². The second kappa shape index (κ2) is 13.5. The number of nitrogens with zero attached hydrogens (tertiary/aromatic N) is 3. The van der Waals surface area contributed by atoms with Crippen LogP contribution in [0.3, 0.4) is 0 Å². The number of carbonyl (C=O) groups excluding carboxylic acids is 4. The molecule has 5 aliphatic rings. The van der Waals surface area contributed by atoms with Gasteiger partial charge in [0.05, 0.1) is 22.8 Å². The Labute approximate surface area is 310 Å². The fourth-order valence-electron chi connectivity index (χ4n) is 7.83. The van der Waals surface area contributed by atoms with Gasteiger partial charge >= 0.3 is 6.09 Å². The second-order valence-electron chi connectivity index (χ2n) is 16.8. The monoisotopic (exact) mass is 750 g/mol. The molecule has 1 aromatic heterocycles. The van der Waals surface area contributed by atoms with Gasteiger partial charge in [-0.1, -0.05) is 51.8 Å². The first-order valence-electron chi connectivity index (χ1n) is 18.8. The molecule has 14 nitrogen and oxygen atoms in total. The Morgan fingerprint density at radius 3 is 2.43 bits per heavy atom. The highest BCUT2D eigenvalue weighted by Crippen LogP contribution is 2.50. The minimum atomic E-state index is -3.89. The number of nitrogens with one attached hydrogen (secondary N) is 3. The van der Waals surface area contributed by atoms with Gasteiger partial charge in [0.2, 0.25) is 27.7 Å². The smallest absolute Gasteiger partial charge is 0.408 e. The van der Waals surface area contributed by atoms with E-state index in [0.29, 0.717) is 36.4 Å². The first kappa shape index (κ1) is 37.1. The number of carbonyl (C=O) groups is 4. The summed E-state index contributed by atoms with van der Waals surface area (Å²) in [6, 6.07) is 5.31. The lowest BCUT2D eigenvalue weighted by atomic mass is 9.85. The van der Waals surface area contributed by atoms with Gasteiger partial charge in [0, 0.05) is 18.3 Å². The summed E-state index contributed by atoms with van der Waals surface area (Å²) in [5.41, 5.74) is -0.883. The third-order valence-corrected chi connectivity index (χ3v) is 13.3. The average Bonchev–Trinajstić information content (AvgIpc) is 4.04. The van der Waals surface area contributed by atoms with E-state index in [1.807, 2.05) is 52.0 Å². The summed E-state index contributed by atoms with van der Waals surface area (Å²) in [6.07, 6.45) is 6.24. The lowest BCUT2D eigenvalue weighted by Crippen LogP contribution is -2.60. The molecule has 5 unspecified atom stereocenters. The van der Waals surface area contributed by atoms with E-state index in [1.54, 1.807) is 0 Å². The Hall–Kier alpha value is -4.27. The van der Waals surface area contributed by atoms with Crippen LogP contribution in [0.2, 0.25) is 0 Å². The van der Waals surface area contributed by atoms with Crippen molar-refractivity contribution in [2.75, 3.05) is 6.54 Å². The van der Waals surface area contributed by atoms with Crippen LogP contribution in [0.25, 0.3) is 11.0 Å². The Balaban J connectivity index is 1.21. The fraction of sp³-hybridized carbons (Fsp3) is 0.632. The maximum atomic E-state index is 14.6. The molecular weight excluding hydrogens is 701 g/mol. The molecule has 2 aromatic rings. The summed E-state index contributed by atoms with van der Waals surface area (Å²) in [7, 11) is -3.89. The molecule has 3 saturated carbocycles. The van der Waals surface area contributed by atoms with Crippen LogP contribution < -0.4 is 20.1 Å². The zero-order valence-electron chi connectivity index (χ0n) is 30.9. The van der Waals surface area contributed by atoms with Crippen molar-refractivity contribution in [3.63, 3.8) is 0 Å². The largest absolute Gasteiger partial charge is 0.471 e. The molecule has 2 bridgehead atoms. The molecule has 1 saturated heterocycles. The number of benzene rings is 1. The van der Waals surface area contributed by atoms with Crippen LogP contribution >= 0.6 is 0 Å². The molecule has 7 rings (SSSR count). The van der Waals surface area contributed by atoms with Crippen LogP contribution in [0.5, 0.6) is 5.88 Å². The number of sulfonamides is 1. The van der Waals surface area contributed by atoms with Gasteiger partial charge in [-0.05, 0) is 69.4 Å². The molecular formula is C38H50N6O8S. The standard InChI is InChI=1S/C38H50N6O8S/c1-6-22-20-38(22,34(47)43-53(49,50)25-16-17-25)42-31(45)29-18-24-21-44(29)33(46)30(36(2,3)4)41-35(48)52-37(5)19-23(37)12-8-7-9-15-28-32(51-24)40-27-14-11-10-13-26(27)39-28/h6,10-11,13-14,22-25,29-30H,1,7-9,12,15-21H2,2-5H3,(H,41,48)(H,42,45)(H,43,47)/t22-,23?,24?,29?,30?,37?,38-/m1/s1. The number of ether oxygens (including phenoxy) is 2. The maximum Gasteiger partial charge on any atom is 0.408 e. The highest BCUT2D eigenvalue weighted by molar-refractivity contribution is 7.91. The maximum absolute atomic E-state index is 14.6. The van der Waals surface area contributed by atoms with E-state index in [0.717, 1.165) is 37.6 Å². The van der Waals surface area contributed by atoms with Crippen LogP contribution in [0.15, 0.2) is 36.9 Å². The highest BCUT2D eigenvalue weighted by Gasteiger charge is 2.62. The SMILES string of the molecule is C=C[C@@H]1C[C@]1(NC(=O)C1CC2CN1C(=O)C(C(C)(C)C)NC(=O)OC1(C)CC1CCCCCc1nc3ccccc3nc1O2)C(=O)NS(=O)(=O)C1CC1. The fourth-order valence-corrected chi connectivity index (χ4v) is 9.19. The number of fused-ring (bicyclic) bond motifs is 5. The van der Waals surface area contributed by atoms with Crippen LogP contribution in [-0.2, 0) is 35.6 Å². The number of aromatic nitrogens is 2. The molecule has 1 aromatic carbocycles. The predicted octanol–water partition coefficient (Wildman–Crippen LogP) is 3.68. The van der Waals surface area contributed by atoms with Crippen LogP contribution in [-0.4, -0.2) is 88.2 Å². The third-order valence-electron chi connectivity index (χ3n) is 11.5. The molecule has 3 heterocycles. The number of rotatable bonds is 6. The number of alkyl carbamates (subject to hydrolysis) is 1. The van der Waals surface area contributed by atoms with Gasteiger partial charge in [0.1, 0.15) is 35.0 Å². The Morgan fingerprint density at radius 1 is 1.06 bits per heavy atom. The molecule has 53 heavy (non-hydrogen) atoms. The molecule has 3 aliphatic carbocycles. The normalized spacial score (nSPS) is 32.1. The van der Waals surface area contributed by atoms with E-state index < -0.39 is 79.7 Å². The van der Waals surface area contributed by atoms with E-state index in [2.05, 4.69) is 21.9 Å². The van der Waals surface area contributed by atoms with Crippen molar-refractivity contribution in [1.29, 1.82) is 0 Å². The molecule has 286 valence electrons. The van der Waals surface area contributed by atoms with Crippen LogP contribution in [0.1, 0.15) is 91.2 Å². The Kier molecular flexibility index (Phi) is 9.47. The van der Waals surface area contributed by atoms with Gasteiger partial charge in [0.25, 0.3) is 5.91 Å². The molecule has 4 fully saturated rings. The second-order valence-corrected chi connectivity index (χ2v) is 18.7. The Morgan fingerprint density at radius 2 is 1.77 bits per heavy atom. The number of para-hydroxylation sites is 2. The molecule has 7 atom stereocenters. The van der Waals surface area contributed by atoms with Gasteiger partial charge in [-0.25, -0.2) is 23.2 Å². The summed E-state index contributed by atoms with van der Waals surface area (Å²) in [5.74, 6) is -1.95. The van der Waals surface area contributed by atoms with Crippen molar-refractivity contribution >= 4 is 44.9 Å². The lowest BCUT2D eigenvalue weighted by molar-refractivity contribution is -0.143. The Bertz CT molecular complexity index is 1950. The van der Waals surface area contributed by atoms with E-state index in [1.165, 1.54) is 11.0 Å². The van der Waals surface area contributed by atoms with E-state index in [4.69, 9.17) is 19.4 Å². The molecule has 15 heteroatoms. The molecule has 2 aliphatic heterocycles. The predicted molar refractivity (Wildman–Crippen MR) is 195 cm³/mol. The summed E-state index contributed by atoms with van der Waals surface area (Å²) < 4.78 is 40.1. The molecule has 0 spiro atoms. The average molecular weight is 751 g/mol. The van der Waals surface area contributed by atoms with Crippen molar-refractivity contribution < 1.29 is 37.1 Å². The lowest BCUT2D eigenvalue weighted by Gasteiger charge is -2.35. The minimum Gasteiger partial charge on any atom is -0.471 e. The highest BCUT2D eigenvalue weighted by atomic mass is 32.2. The van der Waals surface area contributed by atoms with Gasteiger partial charge in [-0.2, -0.15) is 0 Å². The third kappa shape index (κ3) is 7.58. The molecule has 4 amide bonds.